The topological polar surface area (TPSA) is 43.4 Å². The molecule has 0 saturated carbocycles. The Hall–Kier alpha value is -0.420. The maximum absolute atomic E-state index is 12.2. The molecule has 0 aliphatic carbocycles. The summed E-state index contributed by atoms with van der Waals surface area (Å²) < 4.78 is 5.58. The second-order valence-electron chi connectivity index (χ2n) is 9.75. The molecule has 0 amide bonds. The highest BCUT2D eigenvalue weighted by Crippen LogP contribution is 2.14. The summed E-state index contributed by atoms with van der Waals surface area (Å²) in [5, 5.41) is 0. The fourth-order valence-electron chi connectivity index (χ4n) is 3.94. The molecule has 0 fully saturated rings. The standard InChI is InChI=1S/C26H52NO3.BrH/c1-5-6-7-8-9-10-11-12-13-14-15-16-17-18-19-20-21-26(29)24-27(3,4)22-23-30-25(2)28;/h5-24H2,1-4H3;1H/q+1;/p-1. The first kappa shape index (κ1) is 32.8. The van der Waals surface area contributed by atoms with E-state index in [0.29, 0.717) is 36.4 Å². The van der Waals surface area contributed by atoms with Crippen LogP contribution < -0.4 is 17.0 Å². The van der Waals surface area contributed by atoms with Crippen LogP contribution in [-0.2, 0) is 14.3 Å². The van der Waals surface area contributed by atoms with Gasteiger partial charge in [-0.1, -0.05) is 103 Å². The molecule has 5 heteroatoms. The number of unbranched alkanes of at least 4 members (excludes halogenated alkanes) is 15. The second-order valence-corrected chi connectivity index (χ2v) is 9.75. The molecule has 4 nitrogen and oxygen atoms in total. The van der Waals surface area contributed by atoms with Crippen molar-refractivity contribution in [3.8, 4) is 0 Å². The van der Waals surface area contributed by atoms with E-state index < -0.39 is 0 Å². The lowest BCUT2D eigenvalue weighted by Crippen LogP contribution is -3.00. The summed E-state index contributed by atoms with van der Waals surface area (Å²) in [7, 11) is 4.05. The van der Waals surface area contributed by atoms with Gasteiger partial charge in [0, 0.05) is 13.3 Å². The third-order valence-electron chi connectivity index (χ3n) is 5.92. The molecule has 0 aromatic heterocycles. The average Bonchev–Trinajstić information content (AvgIpc) is 2.66. The van der Waals surface area contributed by atoms with E-state index in [1.54, 1.807) is 0 Å². The number of quaternary nitrogens is 1. The van der Waals surface area contributed by atoms with Crippen LogP contribution in [0.4, 0.5) is 0 Å². The smallest absolute Gasteiger partial charge is 0.302 e. The Balaban J connectivity index is 0. The Morgan fingerprint density at radius 1 is 0.677 bits per heavy atom. The number of ketones is 1. The molecule has 186 valence electrons. The Kier molecular flexibility index (Phi) is 24.1. The van der Waals surface area contributed by atoms with Gasteiger partial charge in [-0.3, -0.25) is 9.59 Å². The number of hydrogen-bond acceptors (Lipinski definition) is 3. The molecule has 0 spiro atoms. The van der Waals surface area contributed by atoms with E-state index in [2.05, 4.69) is 6.92 Å². The van der Waals surface area contributed by atoms with E-state index >= 15 is 0 Å². The van der Waals surface area contributed by atoms with Crippen molar-refractivity contribution in [3.05, 3.63) is 0 Å². The molecule has 0 aliphatic rings. The molecular formula is C26H52BrNO3. The zero-order valence-electron chi connectivity index (χ0n) is 21.2. The summed E-state index contributed by atoms with van der Waals surface area (Å²) in [6.45, 7) is 5.29. The number of carbonyl (C=O) groups excluding carboxylic acids is 2. The minimum absolute atomic E-state index is 0. The van der Waals surface area contributed by atoms with E-state index in [-0.39, 0.29) is 23.0 Å². The number of Topliss-reactive ketones (excluding diaryl/α,β-unsaturated/α-hetero) is 1. The normalized spacial score (nSPS) is 11.2. The number of carbonyl (C=O) groups is 2. The molecule has 0 atom stereocenters. The van der Waals surface area contributed by atoms with E-state index in [9.17, 15) is 9.59 Å². The largest absolute Gasteiger partial charge is 1.00 e. The van der Waals surface area contributed by atoms with Crippen molar-refractivity contribution in [2.24, 2.45) is 0 Å². The maximum atomic E-state index is 12.2. The first-order chi connectivity index (χ1) is 14.4. The number of halogens is 1. The van der Waals surface area contributed by atoms with Gasteiger partial charge in [-0.25, -0.2) is 0 Å². The predicted molar refractivity (Wildman–Crippen MR) is 128 cm³/mol. The SMILES string of the molecule is CCCCCCCCCCCCCCCCCCC(=O)C[N+](C)(C)CCOC(C)=O.[Br-]. The number of likely N-dealkylation sites (N-methyl/N-ethyl adjacent to an activating group) is 1. The van der Waals surface area contributed by atoms with Gasteiger partial charge < -0.3 is 26.2 Å². The number of rotatable bonds is 22. The van der Waals surface area contributed by atoms with Crippen molar-refractivity contribution in [1.29, 1.82) is 0 Å². The highest BCUT2D eigenvalue weighted by atomic mass is 79.9. The molecule has 0 aliphatic heterocycles. The van der Waals surface area contributed by atoms with Gasteiger partial charge in [0.25, 0.3) is 0 Å². The highest BCUT2D eigenvalue weighted by Gasteiger charge is 2.19. The molecule has 0 N–H and O–H groups in total. The third-order valence-corrected chi connectivity index (χ3v) is 5.92. The molecule has 0 bridgehead atoms. The second kappa shape index (κ2) is 22.8. The van der Waals surface area contributed by atoms with Crippen LogP contribution in [0.3, 0.4) is 0 Å². The van der Waals surface area contributed by atoms with Crippen molar-refractivity contribution >= 4 is 11.8 Å². The van der Waals surface area contributed by atoms with Gasteiger partial charge in [0.1, 0.15) is 19.7 Å². The first-order valence-electron chi connectivity index (χ1n) is 12.8. The zero-order valence-corrected chi connectivity index (χ0v) is 22.8. The molecule has 31 heavy (non-hydrogen) atoms. The van der Waals surface area contributed by atoms with Gasteiger partial charge in [-0.05, 0) is 6.42 Å². The Morgan fingerprint density at radius 2 is 1.06 bits per heavy atom. The van der Waals surface area contributed by atoms with E-state index in [4.69, 9.17) is 4.74 Å². The quantitative estimate of drug-likeness (QED) is 0.127. The summed E-state index contributed by atoms with van der Waals surface area (Å²) in [6.07, 6.45) is 22.3. The Bertz CT molecular complexity index is 427. The maximum Gasteiger partial charge on any atom is 0.302 e. The van der Waals surface area contributed by atoms with E-state index in [1.165, 1.54) is 103 Å². The van der Waals surface area contributed by atoms with Crippen LogP contribution >= 0.6 is 0 Å². The molecule has 0 radical (unpaired) electrons. The van der Waals surface area contributed by atoms with Crippen LogP contribution in [0, 0.1) is 0 Å². The first-order valence-corrected chi connectivity index (χ1v) is 12.8. The molecule has 0 heterocycles. The minimum Gasteiger partial charge on any atom is -1.00 e. The van der Waals surface area contributed by atoms with Gasteiger partial charge >= 0.3 is 5.97 Å². The summed E-state index contributed by atoms with van der Waals surface area (Å²) in [6, 6.07) is 0. The summed E-state index contributed by atoms with van der Waals surface area (Å²) in [4.78, 5) is 23.0. The molecular weight excluding hydrogens is 454 g/mol. The Labute approximate surface area is 204 Å². The van der Waals surface area contributed by atoms with Crippen LogP contribution in [0.15, 0.2) is 0 Å². The van der Waals surface area contributed by atoms with Gasteiger partial charge in [-0.15, -0.1) is 0 Å². The summed E-state index contributed by atoms with van der Waals surface area (Å²) in [5.74, 6) is 0.0719. The predicted octanol–water partition coefficient (Wildman–Crippen LogP) is 3.85. The highest BCUT2D eigenvalue weighted by molar-refractivity contribution is 5.79. The summed E-state index contributed by atoms with van der Waals surface area (Å²) >= 11 is 0. The van der Waals surface area contributed by atoms with Crippen molar-refractivity contribution < 1.29 is 35.8 Å². The lowest BCUT2D eigenvalue weighted by Gasteiger charge is -2.28. The number of nitrogens with zero attached hydrogens (tertiary/aromatic N) is 1. The van der Waals surface area contributed by atoms with E-state index in [0.717, 1.165) is 6.42 Å². The molecule has 0 saturated heterocycles. The minimum atomic E-state index is -0.255. The van der Waals surface area contributed by atoms with Crippen LogP contribution in [-0.4, -0.2) is 50.0 Å². The number of hydrogen-bond donors (Lipinski definition) is 0. The van der Waals surface area contributed by atoms with Crippen LogP contribution in [0.1, 0.15) is 123 Å². The fourth-order valence-corrected chi connectivity index (χ4v) is 3.94. The zero-order chi connectivity index (χ0) is 22.5. The average molecular weight is 507 g/mol. The lowest BCUT2D eigenvalue weighted by atomic mass is 10.0. The summed E-state index contributed by atoms with van der Waals surface area (Å²) in [5.41, 5.74) is 0. The van der Waals surface area contributed by atoms with Crippen molar-refractivity contribution in [1.82, 2.24) is 0 Å². The number of ether oxygens (including phenoxy) is 1. The lowest BCUT2D eigenvalue weighted by molar-refractivity contribution is -0.882. The van der Waals surface area contributed by atoms with Crippen LogP contribution in [0.25, 0.3) is 0 Å². The van der Waals surface area contributed by atoms with Crippen molar-refractivity contribution in [2.45, 2.75) is 123 Å². The van der Waals surface area contributed by atoms with Crippen molar-refractivity contribution in [3.63, 3.8) is 0 Å². The Morgan fingerprint density at radius 3 is 1.45 bits per heavy atom. The van der Waals surface area contributed by atoms with Gasteiger partial charge in [-0.2, -0.15) is 0 Å². The monoisotopic (exact) mass is 505 g/mol. The van der Waals surface area contributed by atoms with Gasteiger partial charge in [0.15, 0.2) is 5.78 Å². The number of esters is 1. The van der Waals surface area contributed by atoms with Gasteiger partial charge in [0.05, 0.1) is 14.1 Å². The van der Waals surface area contributed by atoms with E-state index in [1.807, 2.05) is 14.1 Å². The fraction of sp³-hybridized carbons (Fsp3) is 0.923. The third kappa shape index (κ3) is 25.7. The molecule has 0 aromatic rings. The molecule has 0 rings (SSSR count). The molecule has 0 aromatic carbocycles. The van der Waals surface area contributed by atoms with Crippen LogP contribution in [0.2, 0.25) is 0 Å². The molecule has 0 unspecified atom stereocenters. The van der Waals surface area contributed by atoms with Crippen molar-refractivity contribution in [2.75, 3.05) is 33.8 Å². The van der Waals surface area contributed by atoms with Gasteiger partial charge in [0.2, 0.25) is 0 Å². The van der Waals surface area contributed by atoms with Crippen LogP contribution in [0.5, 0.6) is 0 Å².